The van der Waals surface area contributed by atoms with Crippen LogP contribution >= 0.6 is 0 Å². The van der Waals surface area contributed by atoms with E-state index < -0.39 is 0 Å². The average Bonchev–Trinajstić information content (AvgIpc) is 3.74. The number of amides is 1. The van der Waals surface area contributed by atoms with Gasteiger partial charge in [-0.15, -0.1) is 0 Å². The van der Waals surface area contributed by atoms with Crippen LogP contribution in [0.4, 0.5) is 5.82 Å². The third kappa shape index (κ3) is 6.47. The molecule has 5 N–H and O–H groups in total. The third-order valence-corrected chi connectivity index (χ3v) is 8.52. The molecule has 0 saturated carbocycles. The lowest BCUT2D eigenvalue weighted by molar-refractivity contribution is 0.0984. The van der Waals surface area contributed by atoms with Gasteiger partial charge in [0.1, 0.15) is 17.5 Å². The van der Waals surface area contributed by atoms with Gasteiger partial charge in [-0.3, -0.25) is 15.1 Å². The van der Waals surface area contributed by atoms with Crippen molar-refractivity contribution < 1.29 is 14.3 Å². The quantitative estimate of drug-likeness (QED) is 0.124. The monoisotopic (exact) mass is 637 g/mol. The van der Waals surface area contributed by atoms with Gasteiger partial charge in [-0.1, -0.05) is 60.7 Å². The lowest BCUT2D eigenvalue weighted by Crippen LogP contribution is -2.31. The number of aromatic nitrogens is 3. The molecule has 0 fully saturated rings. The molecular formula is C38H35N7O3. The molecule has 48 heavy (non-hydrogen) atoms. The van der Waals surface area contributed by atoms with Crippen LogP contribution < -0.4 is 25.8 Å². The first-order valence-electron chi connectivity index (χ1n) is 15.8. The van der Waals surface area contributed by atoms with Crippen molar-refractivity contribution in [3.05, 3.63) is 149 Å². The Bertz CT molecular complexity index is 2090. The Morgan fingerprint density at radius 1 is 0.812 bits per heavy atom. The van der Waals surface area contributed by atoms with E-state index in [1.54, 1.807) is 11.1 Å². The molecule has 4 aromatic carbocycles. The number of nitrogens with zero attached hydrogens (tertiary/aromatic N) is 4. The maximum Gasteiger partial charge on any atom is 0.259 e. The number of carbonyl (C=O) groups excluding carboxylic acids is 1. The standard InChI is InChI=1S/C38H35N7O3/c39-21-26-4-6-27(7-5-26)22-45(35-3-1-2-18-42-35)38(46)30-14-15-32-31(20-30)43-36(17-11-25-8-12-29(13-9-25)37(40)41)44(32)23-28-10-16-33-34(19-28)48-24-47-33/h1-10,12-16,18-20H,11,17,21-24,39H2,(H3,40,41). The van der Waals surface area contributed by atoms with Crippen molar-refractivity contribution in [1.29, 1.82) is 5.41 Å². The van der Waals surface area contributed by atoms with Crippen molar-refractivity contribution in [2.24, 2.45) is 11.5 Å². The number of nitrogens with one attached hydrogen (secondary N) is 1. The molecule has 10 heteroatoms. The fraction of sp³-hybridized carbons (Fsp3) is 0.158. The summed E-state index contributed by atoms with van der Waals surface area (Å²) in [5, 5.41) is 7.69. The van der Waals surface area contributed by atoms with E-state index in [0.29, 0.717) is 43.0 Å². The van der Waals surface area contributed by atoms with Crippen molar-refractivity contribution >= 4 is 28.6 Å². The highest BCUT2D eigenvalue weighted by atomic mass is 16.7. The molecule has 0 bridgehead atoms. The van der Waals surface area contributed by atoms with Gasteiger partial charge in [0.2, 0.25) is 6.79 Å². The van der Waals surface area contributed by atoms with Crippen molar-refractivity contribution in [1.82, 2.24) is 14.5 Å². The smallest absolute Gasteiger partial charge is 0.259 e. The van der Waals surface area contributed by atoms with Crippen LogP contribution in [0.3, 0.4) is 0 Å². The number of rotatable bonds is 11. The van der Waals surface area contributed by atoms with Gasteiger partial charge in [0.05, 0.1) is 17.6 Å². The summed E-state index contributed by atoms with van der Waals surface area (Å²) in [5.74, 6) is 2.79. The van der Waals surface area contributed by atoms with Crippen LogP contribution in [0.25, 0.3) is 11.0 Å². The SMILES string of the molecule is N=C(N)c1ccc(CCc2nc3cc(C(=O)N(Cc4ccc(CN)cc4)c4ccccn4)ccc3n2Cc2ccc3c(c2)OCO3)cc1. The Kier molecular flexibility index (Phi) is 8.55. The fourth-order valence-electron chi connectivity index (χ4n) is 5.90. The number of ether oxygens (including phenoxy) is 2. The zero-order chi connectivity index (χ0) is 33.0. The topological polar surface area (TPSA) is 145 Å². The molecule has 1 aliphatic heterocycles. The minimum atomic E-state index is -0.170. The van der Waals surface area contributed by atoms with Crippen LogP contribution in [0.1, 0.15) is 44.0 Å². The third-order valence-electron chi connectivity index (χ3n) is 8.52. The van der Waals surface area contributed by atoms with Crippen molar-refractivity contribution in [3.8, 4) is 11.5 Å². The zero-order valence-corrected chi connectivity index (χ0v) is 26.3. The minimum absolute atomic E-state index is 0.0449. The van der Waals surface area contributed by atoms with E-state index in [9.17, 15) is 4.79 Å². The number of nitrogen functional groups attached to an aromatic ring is 1. The second-order valence-electron chi connectivity index (χ2n) is 11.7. The van der Waals surface area contributed by atoms with Gasteiger partial charge in [-0.2, -0.15) is 0 Å². The number of carbonyl (C=O) groups is 1. The molecule has 3 heterocycles. The van der Waals surface area contributed by atoms with Gasteiger partial charge in [-0.25, -0.2) is 9.97 Å². The second kappa shape index (κ2) is 13.4. The molecule has 0 unspecified atom stereocenters. The predicted molar refractivity (Wildman–Crippen MR) is 185 cm³/mol. The first-order valence-corrected chi connectivity index (χ1v) is 15.8. The van der Waals surface area contributed by atoms with Gasteiger partial charge in [0.15, 0.2) is 11.5 Å². The number of hydrogen-bond donors (Lipinski definition) is 3. The Morgan fingerprint density at radius 3 is 2.29 bits per heavy atom. The first-order chi connectivity index (χ1) is 23.4. The normalized spacial score (nSPS) is 11.9. The van der Waals surface area contributed by atoms with Gasteiger partial charge >= 0.3 is 0 Å². The van der Waals surface area contributed by atoms with Crippen molar-refractivity contribution in [2.75, 3.05) is 11.7 Å². The molecule has 1 amide bonds. The largest absolute Gasteiger partial charge is 0.454 e. The highest BCUT2D eigenvalue weighted by molar-refractivity contribution is 6.07. The minimum Gasteiger partial charge on any atom is -0.454 e. The molecule has 6 aromatic rings. The first kappa shape index (κ1) is 30.6. The molecule has 7 rings (SSSR count). The molecule has 0 aliphatic carbocycles. The maximum absolute atomic E-state index is 14.2. The van der Waals surface area contributed by atoms with E-state index in [4.69, 9.17) is 31.3 Å². The van der Waals surface area contributed by atoms with Gasteiger partial charge in [0, 0.05) is 36.8 Å². The molecular weight excluding hydrogens is 602 g/mol. The van der Waals surface area contributed by atoms with Crippen molar-refractivity contribution in [2.45, 2.75) is 32.5 Å². The molecule has 0 spiro atoms. The highest BCUT2D eigenvalue weighted by Crippen LogP contribution is 2.33. The van der Waals surface area contributed by atoms with E-state index in [-0.39, 0.29) is 18.5 Å². The Balaban J connectivity index is 1.22. The van der Waals surface area contributed by atoms with Gasteiger partial charge in [0.25, 0.3) is 5.91 Å². The molecule has 2 aromatic heterocycles. The summed E-state index contributed by atoms with van der Waals surface area (Å²) in [6, 6.07) is 32.9. The van der Waals surface area contributed by atoms with Crippen LogP contribution in [0, 0.1) is 5.41 Å². The van der Waals surface area contributed by atoms with Gasteiger partial charge < -0.3 is 25.5 Å². The van der Waals surface area contributed by atoms with Crippen LogP contribution in [-0.2, 0) is 32.5 Å². The van der Waals surface area contributed by atoms with Crippen LogP contribution in [-0.4, -0.2) is 33.1 Å². The molecule has 10 nitrogen and oxygen atoms in total. The lowest BCUT2D eigenvalue weighted by atomic mass is 10.1. The van der Waals surface area contributed by atoms with E-state index in [1.165, 1.54) is 0 Å². The van der Waals surface area contributed by atoms with Crippen LogP contribution in [0.2, 0.25) is 0 Å². The summed E-state index contributed by atoms with van der Waals surface area (Å²) < 4.78 is 13.4. The molecule has 240 valence electrons. The number of pyridine rings is 1. The number of benzene rings is 4. The van der Waals surface area contributed by atoms with Crippen LogP contribution in [0.5, 0.6) is 11.5 Å². The highest BCUT2D eigenvalue weighted by Gasteiger charge is 2.22. The number of fused-ring (bicyclic) bond motifs is 2. The Labute approximate surface area is 278 Å². The summed E-state index contributed by atoms with van der Waals surface area (Å²) in [6.45, 7) is 1.59. The molecule has 1 aliphatic rings. The summed E-state index contributed by atoms with van der Waals surface area (Å²) in [5.41, 5.74) is 18.5. The van der Waals surface area contributed by atoms with E-state index >= 15 is 0 Å². The summed E-state index contributed by atoms with van der Waals surface area (Å²) in [4.78, 5) is 25.4. The van der Waals surface area contributed by atoms with E-state index in [0.717, 1.165) is 57.0 Å². The number of imidazole rings is 1. The molecule has 0 radical (unpaired) electrons. The van der Waals surface area contributed by atoms with Gasteiger partial charge in [-0.05, 0) is 71.1 Å². The molecule has 0 atom stereocenters. The summed E-state index contributed by atoms with van der Waals surface area (Å²) in [6.07, 6.45) is 3.10. The number of anilines is 1. The predicted octanol–water partition coefficient (Wildman–Crippen LogP) is 5.58. The maximum atomic E-state index is 14.2. The number of aryl methyl sites for hydroxylation is 2. The fourth-order valence-corrected chi connectivity index (χ4v) is 5.90. The van der Waals surface area contributed by atoms with E-state index in [2.05, 4.69) is 9.55 Å². The van der Waals surface area contributed by atoms with Crippen LogP contribution in [0.15, 0.2) is 109 Å². The summed E-state index contributed by atoms with van der Waals surface area (Å²) >= 11 is 0. The van der Waals surface area contributed by atoms with Crippen molar-refractivity contribution in [3.63, 3.8) is 0 Å². The average molecular weight is 638 g/mol. The Hall–Kier alpha value is -6.00. The second-order valence-corrected chi connectivity index (χ2v) is 11.7. The Morgan fingerprint density at radius 2 is 1.54 bits per heavy atom. The lowest BCUT2D eigenvalue weighted by Gasteiger charge is -2.22. The number of hydrogen-bond acceptors (Lipinski definition) is 7. The van der Waals surface area contributed by atoms with E-state index in [1.807, 2.05) is 103 Å². The zero-order valence-electron chi connectivity index (χ0n) is 26.3. The molecule has 0 saturated heterocycles. The summed E-state index contributed by atoms with van der Waals surface area (Å²) in [7, 11) is 0. The number of nitrogens with two attached hydrogens (primary N) is 2. The number of amidine groups is 1.